The summed E-state index contributed by atoms with van der Waals surface area (Å²) >= 11 is 5.28. The molecule has 0 unspecified atom stereocenters. The van der Waals surface area contributed by atoms with Crippen LogP contribution in [0.3, 0.4) is 0 Å². The van der Waals surface area contributed by atoms with Gasteiger partial charge in [-0.1, -0.05) is 17.7 Å². The van der Waals surface area contributed by atoms with Crippen molar-refractivity contribution in [1.82, 2.24) is 4.90 Å². The fourth-order valence-corrected chi connectivity index (χ4v) is 4.43. The van der Waals surface area contributed by atoms with Crippen LogP contribution in [0.5, 0.6) is 0 Å². The van der Waals surface area contributed by atoms with Gasteiger partial charge in [0, 0.05) is 11.7 Å². The van der Waals surface area contributed by atoms with Crippen LogP contribution >= 0.6 is 12.2 Å². The number of carbonyl (C=O) groups is 1. The maximum absolute atomic E-state index is 11.6. The van der Waals surface area contributed by atoms with E-state index in [1.54, 1.807) is 0 Å². The van der Waals surface area contributed by atoms with Crippen molar-refractivity contribution in [2.75, 3.05) is 23.4 Å². The summed E-state index contributed by atoms with van der Waals surface area (Å²) in [6.45, 7) is 1.64. The zero-order valence-corrected chi connectivity index (χ0v) is 13.8. The maximum Gasteiger partial charge on any atom is 0.323 e. The van der Waals surface area contributed by atoms with Gasteiger partial charge >= 0.3 is 5.97 Å². The van der Waals surface area contributed by atoms with Crippen LogP contribution in [0.1, 0.15) is 12.0 Å². The molecule has 1 aliphatic heterocycles. The summed E-state index contributed by atoms with van der Waals surface area (Å²) < 4.78 is 23.2. The van der Waals surface area contributed by atoms with Gasteiger partial charge in [0.15, 0.2) is 14.9 Å². The van der Waals surface area contributed by atoms with Gasteiger partial charge in [-0.3, -0.25) is 4.79 Å². The van der Waals surface area contributed by atoms with E-state index in [9.17, 15) is 13.2 Å². The third-order valence-corrected chi connectivity index (χ3v) is 5.61. The van der Waals surface area contributed by atoms with Crippen LogP contribution in [0.25, 0.3) is 0 Å². The second kappa shape index (κ2) is 6.62. The average molecular weight is 342 g/mol. The molecular weight excluding hydrogens is 324 g/mol. The molecule has 1 aromatic rings. The van der Waals surface area contributed by atoms with Crippen LogP contribution in [-0.2, 0) is 14.6 Å². The Morgan fingerprint density at radius 3 is 2.55 bits per heavy atom. The fourth-order valence-electron chi connectivity index (χ4n) is 2.37. The molecule has 0 saturated carbocycles. The van der Waals surface area contributed by atoms with Crippen LogP contribution in [-0.4, -0.2) is 53.6 Å². The van der Waals surface area contributed by atoms with Crippen LogP contribution in [0, 0.1) is 6.92 Å². The molecule has 0 amide bonds. The van der Waals surface area contributed by atoms with Crippen molar-refractivity contribution < 1.29 is 18.3 Å². The Labute approximate surface area is 135 Å². The van der Waals surface area contributed by atoms with Crippen LogP contribution in [0.15, 0.2) is 24.3 Å². The summed E-state index contributed by atoms with van der Waals surface area (Å²) in [5.74, 6) is -1.03. The number of carboxylic acids is 1. The monoisotopic (exact) mass is 342 g/mol. The van der Waals surface area contributed by atoms with E-state index in [4.69, 9.17) is 17.3 Å². The summed E-state index contributed by atoms with van der Waals surface area (Å²) in [6, 6.07) is 7.10. The Bertz CT molecular complexity index is 671. The van der Waals surface area contributed by atoms with E-state index in [-0.39, 0.29) is 23.2 Å². The number of benzene rings is 1. The normalized spacial score (nSPS) is 19.6. The topological polar surface area (TPSA) is 86.7 Å². The largest absolute Gasteiger partial charge is 0.480 e. The molecule has 6 nitrogen and oxygen atoms in total. The van der Waals surface area contributed by atoms with Crippen molar-refractivity contribution in [1.29, 1.82) is 0 Å². The van der Waals surface area contributed by atoms with Crippen LogP contribution < -0.4 is 5.32 Å². The standard InChI is InChI=1S/C14H18N2O4S2/c1-10-2-4-11(5-3-10)15-14(21)16(8-13(17)18)12-6-7-22(19,20)9-12/h2-5,12H,6-9H2,1H3,(H,15,21)(H,17,18)/t12-/m0/s1. The lowest BCUT2D eigenvalue weighted by atomic mass is 10.2. The van der Waals surface area contributed by atoms with E-state index in [0.717, 1.165) is 11.3 Å². The number of aryl methyl sites for hydroxylation is 1. The van der Waals surface area contributed by atoms with Gasteiger partial charge in [0.25, 0.3) is 0 Å². The molecule has 1 fully saturated rings. The summed E-state index contributed by atoms with van der Waals surface area (Å²) in [5.41, 5.74) is 1.84. The molecule has 8 heteroatoms. The Morgan fingerprint density at radius 2 is 2.05 bits per heavy atom. The molecule has 0 radical (unpaired) electrons. The number of hydrogen-bond acceptors (Lipinski definition) is 4. The fraction of sp³-hybridized carbons (Fsp3) is 0.429. The number of rotatable bonds is 4. The SMILES string of the molecule is Cc1ccc(NC(=S)N(CC(=O)O)[C@H]2CCS(=O)(=O)C2)cc1. The zero-order valence-electron chi connectivity index (χ0n) is 12.2. The van der Waals surface area contributed by atoms with Gasteiger partial charge in [-0.2, -0.15) is 0 Å². The van der Waals surface area contributed by atoms with E-state index in [1.165, 1.54) is 4.90 Å². The van der Waals surface area contributed by atoms with Gasteiger partial charge in [-0.15, -0.1) is 0 Å². The van der Waals surface area contributed by atoms with E-state index in [1.807, 2.05) is 31.2 Å². The number of anilines is 1. The van der Waals surface area contributed by atoms with Crippen LogP contribution in [0.4, 0.5) is 5.69 Å². The van der Waals surface area contributed by atoms with Crippen molar-refractivity contribution in [3.63, 3.8) is 0 Å². The molecule has 2 N–H and O–H groups in total. The second-order valence-corrected chi connectivity index (χ2v) is 7.99. The van der Waals surface area contributed by atoms with Crippen molar-refractivity contribution >= 4 is 38.8 Å². The predicted octanol–water partition coefficient (Wildman–Crippen LogP) is 1.27. The van der Waals surface area contributed by atoms with Gasteiger partial charge in [-0.05, 0) is 37.7 Å². The summed E-state index contributed by atoms with van der Waals surface area (Å²) in [4.78, 5) is 12.5. The molecule has 1 atom stereocenters. The molecule has 2 rings (SSSR count). The molecule has 1 saturated heterocycles. The number of aliphatic carboxylic acids is 1. The van der Waals surface area contributed by atoms with Crippen LogP contribution in [0.2, 0.25) is 0 Å². The maximum atomic E-state index is 11.6. The van der Waals surface area contributed by atoms with E-state index in [0.29, 0.717) is 6.42 Å². The van der Waals surface area contributed by atoms with E-state index in [2.05, 4.69) is 5.32 Å². The highest BCUT2D eigenvalue weighted by Gasteiger charge is 2.34. The highest BCUT2D eigenvalue weighted by atomic mass is 32.2. The van der Waals surface area contributed by atoms with Crippen molar-refractivity contribution in [3.05, 3.63) is 29.8 Å². The zero-order chi connectivity index (χ0) is 16.3. The average Bonchev–Trinajstić information content (AvgIpc) is 2.78. The Kier molecular flexibility index (Phi) is 5.02. The molecule has 120 valence electrons. The molecular formula is C14H18N2O4S2. The first kappa shape index (κ1) is 16.7. The molecule has 0 aromatic heterocycles. The minimum absolute atomic E-state index is 0.0595. The van der Waals surface area contributed by atoms with Gasteiger partial charge in [0.2, 0.25) is 0 Å². The smallest absolute Gasteiger partial charge is 0.323 e. The molecule has 1 aromatic carbocycles. The molecule has 0 spiro atoms. The highest BCUT2D eigenvalue weighted by Crippen LogP contribution is 2.19. The van der Waals surface area contributed by atoms with E-state index >= 15 is 0 Å². The first-order valence-corrected chi connectivity index (χ1v) is 9.06. The molecule has 0 bridgehead atoms. The molecule has 1 aliphatic rings. The Hall–Kier alpha value is -1.67. The number of nitrogens with zero attached hydrogens (tertiary/aromatic N) is 1. The third-order valence-electron chi connectivity index (χ3n) is 3.52. The number of thiocarbonyl (C=S) groups is 1. The Balaban J connectivity index is 2.12. The first-order chi connectivity index (χ1) is 10.3. The predicted molar refractivity (Wildman–Crippen MR) is 88.8 cm³/mol. The second-order valence-electron chi connectivity index (χ2n) is 5.37. The summed E-state index contributed by atoms with van der Waals surface area (Å²) in [6.07, 6.45) is 0.394. The minimum atomic E-state index is -3.11. The molecule has 0 aliphatic carbocycles. The van der Waals surface area contributed by atoms with E-state index < -0.39 is 21.8 Å². The third kappa shape index (κ3) is 4.41. The van der Waals surface area contributed by atoms with Gasteiger partial charge in [0.05, 0.1) is 11.5 Å². The number of nitrogens with one attached hydrogen (secondary N) is 1. The Morgan fingerprint density at radius 1 is 1.41 bits per heavy atom. The lowest BCUT2D eigenvalue weighted by Crippen LogP contribution is -2.46. The highest BCUT2D eigenvalue weighted by molar-refractivity contribution is 7.91. The molecule has 1 heterocycles. The van der Waals surface area contributed by atoms with Gasteiger partial charge in [-0.25, -0.2) is 8.42 Å². The lowest BCUT2D eigenvalue weighted by molar-refractivity contribution is -0.137. The van der Waals surface area contributed by atoms with Crippen molar-refractivity contribution in [2.45, 2.75) is 19.4 Å². The van der Waals surface area contributed by atoms with Gasteiger partial charge < -0.3 is 15.3 Å². The number of hydrogen-bond donors (Lipinski definition) is 2. The van der Waals surface area contributed by atoms with Crippen molar-refractivity contribution in [3.8, 4) is 0 Å². The quantitative estimate of drug-likeness (QED) is 0.797. The number of carboxylic acid groups (broad SMARTS) is 1. The van der Waals surface area contributed by atoms with Gasteiger partial charge in [0.1, 0.15) is 6.54 Å². The van der Waals surface area contributed by atoms with Crippen molar-refractivity contribution in [2.24, 2.45) is 0 Å². The summed E-state index contributed by atoms with van der Waals surface area (Å²) in [5, 5.41) is 12.3. The summed E-state index contributed by atoms with van der Waals surface area (Å²) in [7, 11) is -3.11. The number of sulfone groups is 1. The molecule has 22 heavy (non-hydrogen) atoms. The lowest BCUT2D eigenvalue weighted by Gasteiger charge is -2.29. The minimum Gasteiger partial charge on any atom is -0.480 e. The first-order valence-electron chi connectivity index (χ1n) is 6.83.